The Bertz CT molecular complexity index is 588. The number of carboxylic acids is 1. The number of nitro benzene ring substituents is 1. The fourth-order valence-electron chi connectivity index (χ4n) is 2.59. The third-order valence-corrected chi connectivity index (χ3v) is 4.02. The van der Waals surface area contributed by atoms with Crippen LogP contribution in [-0.4, -0.2) is 21.5 Å². The molecule has 8 heteroatoms. The lowest BCUT2D eigenvalue weighted by Gasteiger charge is -2.34. The highest BCUT2D eigenvalue weighted by atomic mass is 35.5. The van der Waals surface area contributed by atoms with Crippen LogP contribution in [0, 0.1) is 15.9 Å². The lowest BCUT2D eigenvalue weighted by Crippen LogP contribution is -2.48. The van der Waals surface area contributed by atoms with Gasteiger partial charge >= 0.3 is 5.97 Å². The van der Waals surface area contributed by atoms with Crippen LogP contribution in [0.15, 0.2) is 12.1 Å². The summed E-state index contributed by atoms with van der Waals surface area (Å²) in [5.74, 6) is -1.92. The lowest BCUT2D eigenvalue weighted by molar-refractivity contribution is -0.384. The fraction of sp³-hybridized carbons (Fsp3) is 0.462. The number of anilines is 1. The molecule has 114 valence electrons. The Kier molecular flexibility index (Phi) is 4.32. The minimum atomic E-state index is -1.30. The van der Waals surface area contributed by atoms with E-state index in [2.05, 4.69) is 5.32 Å². The van der Waals surface area contributed by atoms with Crippen LogP contribution in [0.2, 0.25) is 5.02 Å². The number of nitrogens with one attached hydrogen (secondary N) is 1. The number of nitro groups is 1. The van der Waals surface area contributed by atoms with Gasteiger partial charge in [0.05, 0.1) is 9.95 Å². The van der Waals surface area contributed by atoms with Crippen LogP contribution in [0.25, 0.3) is 0 Å². The molecule has 0 amide bonds. The summed E-state index contributed by atoms with van der Waals surface area (Å²) in [4.78, 5) is 21.9. The van der Waals surface area contributed by atoms with Crippen molar-refractivity contribution in [3.8, 4) is 0 Å². The highest BCUT2D eigenvalue weighted by Crippen LogP contribution is 2.37. The molecule has 1 aromatic carbocycles. The Morgan fingerprint density at radius 2 is 2.00 bits per heavy atom. The van der Waals surface area contributed by atoms with Gasteiger partial charge in [-0.2, -0.15) is 0 Å². The topological polar surface area (TPSA) is 92.5 Å². The fourth-order valence-corrected chi connectivity index (χ4v) is 2.75. The second-order valence-electron chi connectivity index (χ2n) is 5.11. The summed E-state index contributed by atoms with van der Waals surface area (Å²) in [6, 6.07) is 1.76. The van der Waals surface area contributed by atoms with Crippen LogP contribution >= 0.6 is 11.6 Å². The van der Waals surface area contributed by atoms with Crippen molar-refractivity contribution in [1.82, 2.24) is 0 Å². The first-order chi connectivity index (χ1) is 9.85. The number of carbonyl (C=O) groups is 1. The minimum absolute atomic E-state index is 0.161. The molecule has 1 aliphatic carbocycles. The maximum atomic E-state index is 13.6. The maximum absolute atomic E-state index is 13.6. The summed E-state index contributed by atoms with van der Waals surface area (Å²) in [6.07, 6.45) is 2.98. The van der Waals surface area contributed by atoms with E-state index in [1.165, 1.54) is 0 Å². The molecule has 0 radical (unpaired) electrons. The number of hydrogen-bond acceptors (Lipinski definition) is 4. The largest absolute Gasteiger partial charge is 0.480 e. The standard InChI is InChI=1S/C13H14ClFN2O4/c14-8-6-11(17(20)21)10(7-9(8)15)16-13(12(18)19)4-2-1-3-5-13/h6-7,16H,1-5H2,(H,18,19). The second kappa shape index (κ2) is 5.85. The molecule has 0 heterocycles. The summed E-state index contributed by atoms with van der Waals surface area (Å²) < 4.78 is 13.6. The van der Waals surface area contributed by atoms with Crippen molar-refractivity contribution in [2.75, 3.05) is 5.32 Å². The van der Waals surface area contributed by atoms with Crippen LogP contribution in [0.5, 0.6) is 0 Å². The van der Waals surface area contributed by atoms with Gasteiger partial charge < -0.3 is 10.4 Å². The average molecular weight is 317 g/mol. The number of benzene rings is 1. The molecule has 0 bridgehead atoms. The van der Waals surface area contributed by atoms with E-state index < -0.39 is 27.9 Å². The highest BCUT2D eigenvalue weighted by Gasteiger charge is 2.41. The van der Waals surface area contributed by atoms with E-state index in [1.807, 2.05) is 0 Å². The predicted molar refractivity (Wildman–Crippen MR) is 75.1 cm³/mol. The molecule has 0 saturated heterocycles. The number of halogens is 2. The van der Waals surface area contributed by atoms with Gasteiger partial charge in [-0.25, -0.2) is 9.18 Å². The molecule has 1 aliphatic rings. The van der Waals surface area contributed by atoms with Gasteiger partial charge in [-0.3, -0.25) is 10.1 Å². The Balaban J connectivity index is 2.43. The normalized spacial score (nSPS) is 17.2. The molecule has 2 rings (SSSR count). The van der Waals surface area contributed by atoms with Gasteiger partial charge in [-0.05, 0) is 12.8 Å². The molecule has 0 aliphatic heterocycles. The Morgan fingerprint density at radius 1 is 1.38 bits per heavy atom. The molecule has 0 aromatic heterocycles. The second-order valence-corrected chi connectivity index (χ2v) is 5.52. The van der Waals surface area contributed by atoms with Gasteiger partial charge in [0.15, 0.2) is 0 Å². The summed E-state index contributed by atoms with van der Waals surface area (Å²) in [5.41, 5.74) is -1.90. The zero-order valence-electron chi connectivity index (χ0n) is 11.1. The Labute approximate surface area is 125 Å². The van der Waals surface area contributed by atoms with Gasteiger partial charge in [0.2, 0.25) is 0 Å². The van der Waals surface area contributed by atoms with E-state index in [9.17, 15) is 24.4 Å². The first-order valence-electron chi connectivity index (χ1n) is 6.51. The molecule has 0 atom stereocenters. The van der Waals surface area contributed by atoms with Gasteiger partial charge in [0, 0.05) is 12.1 Å². The van der Waals surface area contributed by atoms with Gasteiger partial charge in [-0.1, -0.05) is 30.9 Å². The van der Waals surface area contributed by atoms with Crippen molar-refractivity contribution >= 4 is 28.9 Å². The van der Waals surface area contributed by atoms with Crippen LogP contribution in [0.3, 0.4) is 0 Å². The number of hydrogen-bond donors (Lipinski definition) is 2. The molecular weight excluding hydrogens is 303 g/mol. The third kappa shape index (κ3) is 3.07. The van der Waals surface area contributed by atoms with Crippen molar-refractivity contribution in [2.24, 2.45) is 0 Å². The molecule has 6 nitrogen and oxygen atoms in total. The summed E-state index contributed by atoms with van der Waals surface area (Å²) in [7, 11) is 0. The molecule has 1 fully saturated rings. The average Bonchev–Trinajstić information content (AvgIpc) is 2.43. The SMILES string of the molecule is O=C(O)C1(Nc2cc(F)c(Cl)cc2[N+](=O)[O-])CCCCC1. The van der Waals surface area contributed by atoms with Crippen molar-refractivity contribution in [3.63, 3.8) is 0 Å². The van der Waals surface area contributed by atoms with Crippen LogP contribution < -0.4 is 5.32 Å². The third-order valence-electron chi connectivity index (χ3n) is 3.73. The summed E-state index contributed by atoms with van der Waals surface area (Å²) in [5, 5.41) is 22.8. The van der Waals surface area contributed by atoms with E-state index in [4.69, 9.17) is 11.6 Å². The van der Waals surface area contributed by atoms with E-state index in [1.54, 1.807) is 0 Å². The van der Waals surface area contributed by atoms with Crippen LogP contribution in [0.1, 0.15) is 32.1 Å². The number of aliphatic carboxylic acids is 1. The Hall–Kier alpha value is -1.89. The summed E-state index contributed by atoms with van der Waals surface area (Å²) >= 11 is 5.55. The van der Waals surface area contributed by atoms with E-state index in [0.29, 0.717) is 25.7 Å². The number of carboxylic acid groups (broad SMARTS) is 1. The predicted octanol–water partition coefficient (Wildman–Crippen LogP) is 3.59. The van der Waals surface area contributed by atoms with Gasteiger partial charge in [0.1, 0.15) is 17.0 Å². The summed E-state index contributed by atoms with van der Waals surface area (Å²) in [6.45, 7) is 0. The van der Waals surface area contributed by atoms with Gasteiger partial charge in [0.25, 0.3) is 5.69 Å². The number of nitrogens with zero attached hydrogens (tertiary/aromatic N) is 1. The first-order valence-corrected chi connectivity index (χ1v) is 6.88. The monoisotopic (exact) mass is 316 g/mol. The lowest BCUT2D eigenvalue weighted by atomic mass is 9.81. The zero-order valence-corrected chi connectivity index (χ0v) is 11.8. The minimum Gasteiger partial charge on any atom is -0.480 e. The first kappa shape index (κ1) is 15.5. The van der Waals surface area contributed by atoms with Crippen LogP contribution in [0.4, 0.5) is 15.8 Å². The molecule has 21 heavy (non-hydrogen) atoms. The van der Waals surface area contributed by atoms with Crippen LogP contribution in [-0.2, 0) is 4.79 Å². The smallest absolute Gasteiger partial charge is 0.329 e. The maximum Gasteiger partial charge on any atom is 0.329 e. The van der Waals surface area contributed by atoms with E-state index in [-0.39, 0.29) is 10.7 Å². The molecule has 1 saturated carbocycles. The molecule has 0 unspecified atom stereocenters. The van der Waals surface area contributed by atoms with E-state index in [0.717, 1.165) is 18.6 Å². The molecule has 2 N–H and O–H groups in total. The molecule has 1 aromatic rings. The van der Waals surface area contributed by atoms with Crippen molar-refractivity contribution in [2.45, 2.75) is 37.6 Å². The van der Waals surface area contributed by atoms with Gasteiger partial charge in [-0.15, -0.1) is 0 Å². The van der Waals surface area contributed by atoms with Crippen molar-refractivity contribution < 1.29 is 19.2 Å². The van der Waals surface area contributed by atoms with E-state index >= 15 is 0 Å². The zero-order chi connectivity index (χ0) is 15.6. The Morgan fingerprint density at radius 3 is 2.52 bits per heavy atom. The molecular formula is C13H14ClFN2O4. The van der Waals surface area contributed by atoms with Crippen molar-refractivity contribution in [1.29, 1.82) is 0 Å². The number of rotatable bonds is 4. The molecule has 0 spiro atoms. The quantitative estimate of drug-likeness (QED) is 0.654. The highest BCUT2D eigenvalue weighted by molar-refractivity contribution is 6.31. The van der Waals surface area contributed by atoms with Crippen molar-refractivity contribution in [3.05, 3.63) is 33.1 Å².